The quantitative estimate of drug-likeness (QED) is 0.577. The van der Waals surface area contributed by atoms with Gasteiger partial charge in [0.05, 0.1) is 21.3 Å². The summed E-state index contributed by atoms with van der Waals surface area (Å²) in [6, 6.07) is 12.6. The van der Waals surface area contributed by atoms with Crippen LogP contribution in [0.1, 0.15) is 31.9 Å². The van der Waals surface area contributed by atoms with E-state index in [1.54, 1.807) is 33.2 Å². The Morgan fingerprint density at radius 2 is 1.50 bits per heavy atom. The summed E-state index contributed by atoms with van der Waals surface area (Å²) < 4.78 is 15.8. The van der Waals surface area contributed by atoms with Crippen molar-refractivity contribution < 1.29 is 23.8 Å². The first kappa shape index (κ1) is 25.0. The van der Waals surface area contributed by atoms with Crippen LogP contribution in [0.3, 0.4) is 0 Å². The van der Waals surface area contributed by atoms with Crippen molar-refractivity contribution >= 4 is 11.8 Å². The number of amides is 2. The van der Waals surface area contributed by atoms with Crippen LogP contribution in [0.5, 0.6) is 17.2 Å². The molecule has 7 heteroatoms. The summed E-state index contributed by atoms with van der Waals surface area (Å²) in [5.74, 6) is 1.59. The Morgan fingerprint density at radius 1 is 0.875 bits per heavy atom. The molecule has 0 bridgehead atoms. The van der Waals surface area contributed by atoms with Crippen molar-refractivity contribution in [3.63, 3.8) is 0 Å². The molecule has 2 amide bonds. The van der Waals surface area contributed by atoms with E-state index in [0.29, 0.717) is 31.0 Å². The van der Waals surface area contributed by atoms with Gasteiger partial charge >= 0.3 is 0 Å². The van der Waals surface area contributed by atoms with Gasteiger partial charge in [0.25, 0.3) is 0 Å². The predicted octanol–water partition coefficient (Wildman–Crippen LogP) is 3.44. The van der Waals surface area contributed by atoms with Crippen molar-refractivity contribution in [1.82, 2.24) is 10.2 Å². The number of carbonyl (C=O) groups excluding carboxylic acids is 2. The van der Waals surface area contributed by atoms with Crippen molar-refractivity contribution in [2.24, 2.45) is 5.92 Å². The molecule has 0 aliphatic heterocycles. The molecule has 7 nitrogen and oxygen atoms in total. The highest BCUT2D eigenvalue weighted by molar-refractivity contribution is 5.88. The molecular formula is C25H34N2O5. The third-order valence-corrected chi connectivity index (χ3v) is 5.30. The summed E-state index contributed by atoms with van der Waals surface area (Å²) in [4.78, 5) is 27.3. The van der Waals surface area contributed by atoms with Crippen LogP contribution in [0.2, 0.25) is 0 Å². The number of hydrogen-bond acceptors (Lipinski definition) is 5. The van der Waals surface area contributed by atoms with Crippen molar-refractivity contribution in [3.8, 4) is 17.2 Å². The lowest BCUT2D eigenvalue weighted by Gasteiger charge is -2.30. The molecule has 0 unspecified atom stereocenters. The van der Waals surface area contributed by atoms with Gasteiger partial charge in [0.2, 0.25) is 11.8 Å². The zero-order chi connectivity index (χ0) is 23.7. The van der Waals surface area contributed by atoms with Crippen molar-refractivity contribution in [3.05, 3.63) is 53.6 Å². The summed E-state index contributed by atoms with van der Waals surface area (Å²) >= 11 is 0. The number of methoxy groups -OCH3 is 3. The van der Waals surface area contributed by atoms with Gasteiger partial charge in [-0.3, -0.25) is 9.59 Å². The number of benzene rings is 2. The highest BCUT2D eigenvalue weighted by atomic mass is 16.5. The molecule has 0 heterocycles. The minimum absolute atomic E-state index is 0.0663. The Hall–Kier alpha value is -3.22. The molecule has 0 fully saturated rings. The summed E-state index contributed by atoms with van der Waals surface area (Å²) in [5, 5.41) is 2.95. The van der Waals surface area contributed by atoms with Crippen LogP contribution in [-0.2, 0) is 22.6 Å². The topological polar surface area (TPSA) is 77.1 Å². The molecule has 1 N–H and O–H groups in total. The number of nitrogens with one attached hydrogen (secondary N) is 1. The molecule has 2 aromatic rings. The van der Waals surface area contributed by atoms with Crippen LogP contribution in [0.15, 0.2) is 42.5 Å². The molecule has 2 aromatic carbocycles. The van der Waals surface area contributed by atoms with Crippen LogP contribution in [-0.4, -0.2) is 50.6 Å². The fourth-order valence-electron chi connectivity index (χ4n) is 3.32. The van der Waals surface area contributed by atoms with Gasteiger partial charge in [-0.2, -0.15) is 0 Å². The lowest BCUT2D eigenvalue weighted by molar-refractivity contribution is -0.143. The van der Waals surface area contributed by atoms with Gasteiger partial charge in [-0.15, -0.1) is 0 Å². The molecule has 32 heavy (non-hydrogen) atoms. The molecule has 0 saturated heterocycles. The second kappa shape index (κ2) is 12.0. The first-order chi connectivity index (χ1) is 15.3. The Kier molecular flexibility index (Phi) is 9.38. The number of nitrogens with zero attached hydrogens (tertiary/aromatic N) is 1. The van der Waals surface area contributed by atoms with Gasteiger partial charge in [0, 0.05) is 19.0 Å². The van der Waals surface area contributed by atoms with Crippen LogP contribution >= 0.6 is 0 Å². The van der Waals surface area contributed by atoms with E-state index in [1.807, 2.05) is 56.3 Å². The van der Waals surface area contributed by atoms with Crippen molar-refractivity contribution in [1.29, 1.82) is 0 Å². The van der Waals surface area contributed by atoms with Gasteiger partial charge in [-0.1, -0.05) is 32.0 Å². The van der Waals surface area contributed by atoms with Crippen LogP contribution in [0, 0.1) is 5.92 Å². The van der Waals surface area contributed by atoms with E-state index in [1.165, 1.54) is 0 Å². The van der Waals surface area contributed by atoms with Gasteiger partial charge in [-0.05, 0) is 48.7 Å². The number of hydrogen-bond donors (Lipinski definition) is 1. The minimum atomic E-state index is -0.600. The molecule has 2 rings (SSSR count). The lowest BCUT2D eigenvalue weighted by Crippen LogP contribution is -2.49. The van der Waals surface area contributed by atoms with E-state index in [9.17, 15) is 9.59 Å². The maximum absolute atomic E-state index is 12.8. The number of rotatable bonds is 11. The van der Waals surface area contributed by atoms with E-state index in [4.69, 9.17) is 14.2 Å². The molecule has 1 atom stereocenters. The van der Waals surface area contributed by atoms with E-state index in [2.05, 4.69) is 5.32 Å². The first-order valence-electron chi connectivity index (χ1n) is 10.7. The molecule has 0 aromatic heterocycles. The monoisotopic (exact) mass is 442 g/mol. The maximum atomic E-state index is 12.8. The van der Waals surface area contributed by atoms with E-state index in [-0.39, 0.29) is 17.7 Å². The summed E-state index contributed by atoms with van der Waals surface area (Å²) in [5.41, 5.74) is 1.95. The summed E-state index contributed by atoms with van der Waals surface area (Å²) in [6.07, 6.45) is 0.634. The minimum Gasteiger partial charge on any atom is -0.497 e. The third-order valence-electron chi connectivity index (χ3n) is 5.30. The van der Waals surface area contributed by atoms with Gasteiger partial charge in [0.1, 0.15) is 11.8 Å². The fraction of sp³-hybridized carbons (Fsp3) is 0.440. The highest BCUT2D eigenvalue weighted by Crippen LogP contribution is 2.27. The Labute approximate surface area is 190 Å². The Balaban J connectivity index is 2.02. The molecule has 0 aliphatic carbocycles. The Bertz CT molecular complexity index is 896. The highest BCUT2D eigenvalue weighted by Gasteiger charge is 2.27. The number of carbonyl (C=O) groups is 2. The molecule has 0 saturated carbocycles. The van der Waals surface area contributed by atoms with E-state index >= 15 is 0 Å². The van der Waals surface area contributed by atoms with Crippen molar-refractivity contribution in [2.75, 3.05) is 27.9 Å². The fourth-order valence-corrected chi connectivity index (χ4v) is 3.32. The maximum Gasteiger partial charge on any atom is 0.242 e. The normalized spacial score (nSPS) is 11.6. The van der Waals surface area contributed by atoms with Crippen LogP contribution in [0.25, 0.3) is 0 Å². The predicted molar refractivity (Wildman–Crippen MR) is 124 cm³/mol. The zero-order valence-electron chi connectivity index (χ0n) is 19.8. The molecule has 0 aliphatic rings. The standard InChI is InChI=1S/C25H34N2O5/c1-17(2)25(29)27(16-20-7-10-21(30-4)11-8-20)18(3)24(28)26-14-13-19-9-12-22(31-5)23(15-19)32-6/h7-12,15,17-18H,13-14,16H2,1-6H3,(H,26,28)/t18-/m0/s1. The number of ether oxygens (including phenoxy) is 3. The first-order valence-corrected chi connectivity index (χ1v) is 10.7. The summed E-state index contributed by atoms with van der Waals surface area (Å²) in [7, 11) is 4.79. The molecular weight excluding hydrogens is 408 g/mol. The van der Waals surface area contributed by atoms with E-state index in [0.717, 1.165) is 16.9 Å². The zero-order valence-corrected chi connectivity index (χ0v) is 19.8. The largest absolute Gasteiger partial charge is 0.497 e. The molecule has 0 radical (unpaired) electrons. The van der Waals surface area contributed by atoms with E-state index < -0.39 is 6.04 Å². The van der Waals surface area contributed by atoms with Gasteiger partial charge in [-0.25, -0.2) is 0 Å². The second-order valence-electron chi connectivity index (χ2n) is 7.88. The third kappa shape index (κ3) is 6.64. The lowest BCUT2D eigenvalue weighted by atomic mass is 10.1. The van der Waals surface area contributed by atoms with Crippen molar-refractivity contribution in [2.45, 2.75) is 39.8 Å². The molecule has 174 valence electrons. The summed E-state index contributed by atoms with van der Waals surface area (Å²) in [6.45, 7) is 6.24. The average molecular weight is 443 g/mol. The van der Waals surface area contributed by atoms with Crippen LogP contribution in [0.4, 0.5) is 0 Å². The smallest absolute Gasteiger partial charge is 0.242 e. The molecule has 0 spiro atoms. The van der Waals surface area contributed by atoms with Gasteiger partial charge < -0.3 is 24.4 Å². The van der Waals surface area contributed by atoms with Crippen LogP contribution < -0.4 is 19.5 Å². The average Bonchev–Trinajstić information content (AvgIpc) is 2.81. The SMILES string of the molecule is COc1ccc(CN(C(=O)C(C)C)[C@@H](C)C(=O)NCCc2ccc(OC)c(OC)c2)cc1. The van der Waals surface area contributed by atoms with Gasteiger partial charge in [0.15, 0.2) is 11.5 Å². The Morgan fingerprint density at radius 3 is 2.06 bits per heavy atom. The second-order valence-corrected chi connectivity index (χ2v) is 7.88.